The minimum atomic E-state index is -0.623. The molecule has 1 aromatic carbocycles. The number of benzene rings is 1. The lowest BCUT2D eigenvalue weighted by Gasteiger charge is -2.18. The second-order valence-electron chi connectivity index (χ2n) is 4.42. The summed E-state index contributed by atoms with van der Waals surface area (Å²) in [6.45, 7) is 4.22. The predicted octanol–water partition coefficient (Wildman–Crippen LogP) is 2.66. The van der Waals surface area contributed by atoms with Crippen molar-refractivity contribution in [1.29, 1.82) is 0 Å². The third kappa shape index (κ3) is 1.93. The Morgan fingerprint density at radius 2 is 2.00 bits per heavy atom. The monoisotopic (exact) mass is 255 g/mol. The molecule has 0 aromatic heterocycles. The van der Waals surface area contributed by atoms with E-state index in [1.807, 2.05) is 13.8 Å². The van der Waals surface area contributed by atoms with Crippen molar-refractivity contribution in [3.8, 4) is 0 Å². The average Bonchev–Trinajstić information content (AvgIpc) is 2.45. The van der Waals surface area contributed by atoms with E-state index in [0.717, 1.165) is 6.07 Å². The number of nitrogens with zero attached hydrogens (tertiary/aromatic N) is 1. The first-order chi connectivity index (χ1) is 7.91. The zero-order chi connectivity index (χ0) is 12.7. The van der Waals surface area contributed by atoms with Crippen LogP contribution in [0.2, 0.25) is 5.02 Å². The molecule has 0 saturated heterocycles. The van der Waals surface area contributed by atoms with E-state index >= 15 is 0 Å². The summed E-state index contributed by atoms with van der Waals surface area (Å²) in [5.74, 6) is -1.67. The van der Waals surface area contributed by atoms with Crippen molar-refractivity contribution in [2.45, 2.75) is 13.8 Å². The fourth-order valence-corrected chi connectivity index (χ4v) is 2.00. The van der Waals surface area contributed by atoms with Crippen molar-refractivity contribution < 1.29 is 14.0 Å². The van der Waals surface area contributed by atoms with Crippen LogP contribution >= 0.6 is 11.6 Å². The van der Waals surface area contributed by atoms with Gasteiger partial charge in [-0.25, -0.2) is 4.39 Å². The van der Waals surface area contributed by atoms with Crippen molar-refractivity contribution in [3.63, 3.8) is 0 Å². The van der Waals surface area contributed by atoms with Gasteiger partial charge in [-0.1, -0.05) is 25.4 Å². The van der Waals surface area contributed by atoms with Gasteiger partial charge in [0.25, 0.3) is 11.7 Å². The maximum absolute atomic E-state index is 13.4. The van der Waals surface area contributed by atoms with Crippen molar-refractivity contribution in [1.82, 2.24) is 0 Å². The average molecular weight is 256 g/mol. The molecule has 0 saturated carbocycles. The quantitative estimate of drug-likeness (QED) is 0.762. The molecule has 5 heteroatoms. The van der Waals surface area contributed by atoms with Gasteiger partial charge in [0, 0.05) is 6.54 Å². The Kier molecular flexibility index (Phi) is 2.91. The van der Waals surface area contributed by atoms with Crippen LogP contribution in [0.5, 0.6) is 0 Å². The molecule has 90 valence electrons. The Morgan fingerprint density at radius 3 is 2.59 bits per heavy atom. The molecule has 0 unspecified atom stereocenters. The van der Waals surface area contributed by atoms with Crippen LogP contribution in [0.4, 0.5) is 10.1 Å². The summed E-state index contributed by atoms with van der Waals surface area (Å²) in [4.78, 5) is 24.7. The number of Topliss-reactive ketones (excluding diaryl/α,β-unsaturated/α-hetero) is 1. The molecule has 0 bridgehead atoms. The zero-order valence-corrected chi connectivity index (χ0v) is 10.2. The number of carbonyl (C=O) groups is 2. The smallest absolute Gasteiger partial charge is 0.299 e. The highest BCUT2D eigenvalue weighted by molar-refractivity contribution is 6.52. The minimum Gasteiger partial charge on any atom is -0.304 e. The van der Waals surface area contributed by atoms with Crippen LogP contribution in [0.15, 0.2) is 12.1 Å². The van der Waals surface area contributed by atoms with Gasteiger partial charge >= 0.3 is 0 Å². The molecular formula is C12H11ClFNO2. The first-order valence-corrected chi connectivity index (χ1v) is 5.65. The molecule has 1 aromatic rings. The standard InChI is InChI=1S/C12H11ClFNO2/c1-6(2)5-15-10-4-9(14)8(13)3-7(10)11(16)12(15)17/h3-4,6H,5H2,1-2H3. The van der Waals surface area contributed by atoms with Gasteiger partial charge in [0.2, 0.25) is 0 Å². The minimum absolute atomic E-state index is 0.142. The van der Waals surface area contributed by atoms with Gasteiger partial charge in [-0.2, -0.15) is 0 Å². The Balaban J connectivity index is 2.52. The zero-order valence-electron chi connectivity index (χ0n) is 9.46. The van der Waals surface area contributed by atoms with Gasteiger partial charge in [0.15, 0.2) is 0 Å². The Bertz CT molecular complexity index is 513. The summed E-state index contributed by atoms with van der Waals surface area (Å²) in [6, 6.07) is 2.36. The van der Waals surface area contributed by atoms with Crippen molar-refractivity contribution in [3.05, 3.63) is 28.5 Å². The summed E-state index contributed by atoms with van der Waals surface area (Å²) in [5.41, 5.74) is 0.498. The van der Waals surface area contributed by atoms with E-state index in [2.05, 4.69) is 0 Å². The van der Waals surface area contributed by atoms with Crippen LogP contribution in [0.1, 0.15) is 24.2 Å². The molecule has 1 amide bonds. The summed E-state index contributed by atoms with van der Waals surface area (Å²) >= 11 is 5.60. The Hall–Kier alpha value is -1.42. The molecule has 1 aliphatic rings. The maximum Gasteiger partial charge on any atom is 0.299 e. The van der Waals surface area contributed by atoms with Gasteiger partial charge in [-0.3, -0.25) is 9.59 Å². The van der Waals surface area contributed by atoms with Gasteiger partial charge in [-0.05, 0) is 18.1 Å². The van der Waals surface area contributed by atoms with E-state index in [1.165, 1.54) is 11.0 Å². The summed E-state index contributed by atoms with van der Waals surface area (Å²) in [7, 11) is 0. The van der Waals surface area contributed by atoms with Crippen LogP contribution in [0.25, 0.3) is 0 Å². The summed E-state index contributed by atoms with van der Waals surface area (Å²) < 4.78 is 13.4. The van der Waals surface area contributed by atoms with E-state index < -0.39 is 17.5 Å². The number of anilines is 1. The first-order valence-electron chi connectivity index (χ1n) is 5.27. The van der Waals surface area contributed by atoms with Crippen LogP contribution in [-0.2, 0) is 4.79 Å². The van der Waals surface area contributed by atoms with E-state index in [1.54, 1.807) is 0 Å². The Labute approximate surface area is 103 Å². The molecular weight excluding hydrogens is 245 g/mol. The number of halogens is 2. The van der Waals surface area contributed by atoms with E-state index in [0.29, 0.717) is 12.2 Å². The number of rotatable bonds is 2. The number of carbonyl (C=O) groups excluding carboxylic acids is 2. The second kappa shape index (κ2) is 4.11. The van der Waals surface area contributed by atoms with Gasteiger partial charge < -0.3 is 4.90 Å². The van der Waals surface area contributed by atoms with Gasteiger partial charge in [-0.15, -0.1) is 0 Å². The molecule has 1 aliphatic heterocycles. The number of hydrogen-bond donors (Lipinski definition) is 0. The molecule has 0 N–H and O–H groups in total. The molecule has 3 nitrogen and oxygen atoms in total. The van der Waals surface area contributed by atoms with Crippen molar-refractivity contribution in [2.75, 3.05) is 11.4 Å². The fraction of sp³-hybridized carbons (Fsp3) is 0.333. The highest BCUT2D eigenvalue weighted by Gasteiger charge is 2.36. The molecule has 2 rings (SSSR count). The molecule has 0 radical (unpaired) electrons. The lowest BCUT2D eigenvalue weighted by molar-refractivity contribution is -0.114. The van der Waals surface area contributed by atoms with Gasteiger partial charge in [0.1, 0.15) is 5.82 Å². The van der Waals surface area contributed by atoms with Crippen molar-refractivity contribution >= 4 is 29.0 Å². The van der Waals surface area contributed by atoms with Crippen molar-refractivity contribution in [2.24, 2.45) is 5.92 Å². The molecule has 0 fully saturated rings. The van der Waals surface area contributed by atoms with Crippen LogP contribution < -0.4 is 4.90 Å². The highest BCUT2D eigenvalue weighted by atomic mass is 35.5. The van der Waals surface area contributed by atoms with E-state index in [9.17, 15) is 14.0 Å². The Morgan fingerprint density at radius 1 is 1.35 bits per heavy atom. The first kappa shape index (κ1) is 12.0. The highest BCUT2D eigenvalue weighted by Crippen LogP contribution is 2.33. The fourth-order valence-electron chi connectivity index (χ4n) is 1.84. The number of fused-ring (bicyclic) bond motifs is 1. The van der Waals surface area contributed by atoms with Crippen LogP contribution in [0, 0.1) is 11.7 Å². The summed E-state index contributed by atoms with van der Waals surface area (Å²) in [5, 5.41) is -0.142. The lowest BCUT2D eigenvalue weighted by Crippen LogP contribution is -2.32. The van der Waals surface area contributed by atoms with E-state index in [-0.39, 0.29) is 16.5 Å². The molecule has 1 heterocycles. The maximum atomic E-state index is 13.4. The normalized spacial score (nSPS) is 14.8. The molecule has 17 heavy (non-hydrogen) atoms. The van der Waals surface area contributed by atoms with Gasteiger partial charge in [0.05, 0.1) is 16.3 Å². The third-order valence-corrected chi connectivity index (χ3v) is 2.85. The molecule has 0 aliphatic carbocycles. The molecule has 0 atom stereocenters. The summed E-state index contributed by atoms with van der Waals surface area (Å²) in [6.07, 6.45) is 0. The third-order valence-electron chi connectivity index (χ3n) is 2.56. The van der Waals surface area contributed by atoms with Crippen LogP contribution in [0.3, 0.4) is 0 Å². The number of ketones is 1. The number of amides is 1. The predicted molar refractivity (Wildman–Crippen MR) is 62.9 cm³/mol. The largest absolute Gasteiger partial charge is 0.304 e. The second-order valence-corrected chi connectivity index (χ2v) is 4.83. The number of hydrogen-bond acceptors (Lipinski definition) is 2. The topological polar surface area (TPSA) is 37.4 Å². The van der Waals surface area contributed by atoms with Crippen LogP contribution in [-0.4, -0.2) is 18.2 Å². The van der Waals surface area contributed by atoms with E-state index in [4.69, 9.17) is 11.6 Å². The SMILES string of the molecule is CC(C)CN1C(=O)C(=O)c2cc(Cl)c(F)cc21. The molecule has 0 spiro atoms. The lowest BCUT2D eigenvalue weighted by atomic mass is 10.1.